The average Bonchev–Trinajstić information content (AvgIpc) is 2.29. The van der Waals surface area contributed by atoms with E-state index in [2.05, 4.69) is 31.9 Å². The van der Waals surface area contributed by atoms with Gasteiger partial charge in [-0.3, -0.25) is 0 Å². The standard InChI is InChI=1S/C12H15Br2NO3S/c1-2-5-12(16)7-15(8-12)19(17,18)11-6-9(13)3-4-10(11)14/h3-4,6,16H,2,5,7-8H2,1H3. The largest absolute Gasteiger partial charge is 0.387 e. The Hall–Kier alpha value is 0.0500. The Labute approximate surface area is 130 Å². The molecule has 1 saturated heterocycles. The van der Waals surface area contributed by atoms with E-state index in [0.717, 1.165) is 6.42 Å². The van der Waals surface area contributed by atoms with Crippen molar-refractivity contribution < 1.29 is 13.5 Å². The van der Waals surface area contributed by atoms with Crippen molar-refractivity contribution in [3.63, 3.8) is 0 Å². The second-order valence-corrected chi connectivity index (χ2v) is 8.50. The van der Waals surface area contributed by atoms with Crippen molar-refractivity contribution in [3.05, 3.63) is 27.1 Å². The Morgan fingerprint density at radius 2 is 2.00 bits per heavy atom. The third kappa shape index (κ3) is 3.05. The maximum Gasteiger partial charge on any atom is 0.244 e. The molecule has 0 bridgehead atoms. The van der Waals surface area contributed by atoms with Crippen molar-refractivity contribution in [2.45, 2.75) is 30.3 Å². The predicted octanol–water partition coefficient (Wildman–Crippen LogP) is 2.75. The second kappa shape index (κ2) is 5.44. The summed E-state index contributed by atoms with van der Waals surface area (Å²) < 4.78 is 27.4. The van der Waals surface area contributed by atoms with Crippen LogP contribution in [0.25, 0.3) is 0 Å². The Morgan fingerprint density at radius 1 is 1.37 bits per heavy atom. The zero-order chi connectivity index (χ0) is 14.3. The van der Waals surface area contributed by atoms with E-state index in [1.807, 2.05) is 6.92 Å². The van der Waals surface area contributed by atoms with Gasteiger partial charge in [0.2, 0.25) is 10.0 Å². The van der Waals surface area contributed by atoms with E-state index in [1.54, 1.807) is 18.2 Å². The Morgan fingerprint density at radius 3 is 2.58 bits per heavy atom. The van der Waals surface area contributed by atoms with Gasteiger partial charge in [0.15, 0.2) is 0 Å². The SMILES string of the molecule is CCCC1(O)CN(S(=O)(=O)c2cc(Br)ccc2Br)C1. The molecule has 0 saturated carbocycles. The molecule has 1 aromatic carbocycles. The minimum absolute atomic E-state index is 0.169. The number of sulfonamides is 1. The Kier molecular flexibility index (Phi) is 4.42. The molecule has 19 heavy (non-hydrogen) atoms. The topological polar surface area (TPSA) is 57.6 Å². The monoisotopic (exact) mass is 411 g/mol. The maximum atomic E-state index is 12.4. The first-order chi connectivity index (χ1) is 8.78. The molecule has 0 amide bonds. The van der Waals surface area contributed by atoms with E-state index in [1.165, 1.54) is 4.31 Å². The van der Waals surface area contributed by atoms with Gasteiger partial charge in [0.1, 0.15) is 0 Å². The number of nitrogens with zero attached hydrogens (tertiary/aromatic N) is 1. The number of aliphatic hydroxyl groups is 1. The summed E-state index contributed by atoms with van der Waals surface area (Å²) in [6.07, 6.45) is 1.46. The first kappa shape index (κ1) is 15.4. The van der Waals surface area contributed by atoms with Crippen molar-refractivity contribution in [1.82, 2.24) is 4.31 Å². The summed E-state index contributed by atoms with van der Waals surface area (Å²) in [6.45, 7) is 2.31. The summed E-state index contributed by atoms with van der Waals surface area (Å²) in [7, 11) is -3.55. The Bertz CT molecular complexity index is 583. The minimum atomic E-state index is -3.55. The molecular weight excluding hydrogens is 398 g/mol. The minimum Gasteiger partial charge on any atom is -0.387 e. The van der Waals surface area contributed by atoms with Gasteiger partial charge in [-0.2, -0.15) is 4.31 Å². The highest BCUT2D eigenvalue weighted by molar-refractivity contribution is 9.11. The van der Waals surface area contributed by atoms with Gasteiger partial charge >= 0.3 is 0 Å². The lowest BCUT2D eigenvalue weighted by Gasteiger charge is -2.45. The van der Waals surface area contributed by atoms with Crippen LogP contribution in [-0.2, 0) is 10.0 Å². The molecule has 2 rings (SSSR count). The highest BCUT2D eigenvalue weighted by Crippen LogP contribution is 2.34. The predicted molar refractivity (Wildman–Crippen MR) is 80.5 cm³/mol. The zero-order valence-corrected chi connectivity index (χ0v) is 14.4. The van der Waals surface area contributed by atoms with E-state index in [-0.39, 0.29) is 18.0 Å². The third-order valence-corrected chi connectivity index (χ3v) is 6.45. The van der Waals surface area contributed by atoms with Crippen LogP contribution in [0.1, 0.15) is 19.8 Å². The number of β-amino-alcohol motifs (C(OH)–C–C–N with tert-alkyl or cyclic N) is 1. The molecule has 1 aliphatic heterocycles. The molecular formula is C12H15Br2NO3S. The molecule has 7 heteroatoms. The number of benzene rings is 1. The summed E-state index contributed by atoms with van der Waals surface area (Å²) in [6, 6.07) is 5.03. The summed E-state index contributed by atoms with van der Waals surface area (Å²) in [4.78, 5) is 0.223. The quantitative estimate of drug-likeness (QED) is 0.827. The van der Waals surface area contributed by atoms with Gasteiger partial charge < -0.3 is 5.11 Å². The van der Waals surface area contributed by atoms with Gasteiger partial charge in [0, 0.05) is 22.0 Å². The third-order valence-electron chi connectivity index (χ3n) is 3.17. The molecule has 0 unspecified atom stereocenters. The van der Waals surface area contributed by atoms with Crippen molar-refractivity contribution in [2.75, 3.05) is 13.1 Å². The summed E-state index contributed by atoms with van der Waals surface area (Å²) in [5.74, 6) is 0. The zero-order valence-electron chi connectivity index (χ0n) is 10.4. The fraction of sp³-hybridized carbons (Fsp3) is 0.500. The van der Waals surface area contributed by atoms with Crippen molar-refractivity contribution in [3.8, 4) is 0 Å². The molecule has 1 N–H and O–H groups in total. The molecule has 0 aromatic heterocycles. The van der Waals surface area contributed by atoms with Crippen LogP contribution < -0.4 is 0 Å². The number of hydrogen-bond donors (Lipinski definition) is 1. The summed E-state index contributed by atoms with van der Waals surface area (Å²) in [5.41, 5.74) is -0.861. The lowest BCUT2D eigenvalue weighted by molar-refractivity contribution is -0.0653. The highest BCUT2D eigenvalue weighted by atomic mass is 79.9. The van der Waals surface area contributed by atoms with Gasteiger partial charge in [-0.05, 0) is 40.5 Å². The number of hydrogen-bond acceptors (Lipinski definition) is 3. The van der Waals surface area contributed by atoms with Crippen LogP contribution in [-0.4, -0.2) is 36.5 Å². The molecule has 0 aliphatic carbocycles. The molecule has 1 fully saturated rings. The first-order valence-corrected chi connectivity index (χ1v) is 8.99. The smallest absolute Gasteiger partial charge is 0.244 e. The van der Waals surface area contributed by atoms with Crippen LogP contribution >= 0.6 is 31.9 Å². The van der Waals surface area contributed by atoms with Crippen LogP contribution in [0.5, 0.6) is 0 Å². The molecule has 0 radical (unpaired) electrons. The van der Waals surface area contributed by atoms with E-state index in [0.29, 0.717) is 15.4 Å². The van der Waals surface area contributed by atoms with Gasteiger partial charge in [0.25, 0.3) is 0 Å². The van der Waals surface area contributed by atoms with E-state index < -0.39 is 15.6 Å². The van der Waals surface area contributed by atoms with Crippen molar-refractivity contribution in [2.24, 2.45) is 0 Å². The van der Waals surface area contributed by atoms with Crippen LogP contribution in [0.4, 0.5) is 0 Å². The highest BCUT2D eigenvalue weighted by Gasteiger charge is 2.46. The molecule has 1 aliphatic rings. The van der Waals surface area contributed by atoms with Crippen molar-refractivity contribution >= 4 is 41.9 Å². The second-order valence-electron chi connectivity index (χ2n) is 4.82. The van der Waals surface area contributed by atoms with Gasteiger partial charge in [0.05, 0.1) is 10.5 Å². The van der Waals surface area contributed by atoms with Gasteiger partial charge in [-0.15, -0.1) is 0 Å². The normalized spacial score (nSPS) is 19.2. The van der Waals surface area contributed by atoms with E-state index in [9.17, 15) is 13.5 Å². The Balaban J connectivity index is 2.24. The maximum absolute atomic E-state index is 12.4. The van der Waals surface area contributed by atoms with E-state index in [4.69, 9.17) is 0 Å². The van der Waals surface area contributed by atoms with Crippen LogP contribution in [0, 0.1) is 0 Å². The molecule has 0 spiro atoms. The molecule has 0 atom stereocenters. The van der Waals surface area contributed by atoms with Gasteiger partial charge in [-0.1, -0.05) is 29.3 Å². The first-order valence-electron chi connectivity index (χ1n) is 5.96. The lowest BCUT2D eigenvalue weighted by Crippen LogP contribution is -2.63. The van der Waals surface area contributed by atoms with Crippen LogP contribution in [0.2, 0.25) is 0 Å². The fourth-order valence-electron chi connectivity index (χ4n) is 2.22. The number of rotatable bonds is 4. The molecule has 106 valence electrons. The summed E-state index contributed by atoms with van der Waals surface area (Å²) >= 11 is 6.53. The molecule has 1 heterocycles. The van der Waals surface area contributed by atoms with E-state index >= 15 is 0 Å². The van der Waals surface area contributed by atoms with Crippen LogP contribution in [0.3, 0.4) is 0 Å². The van der Waals surface area contributed by atoms with Gasteiger partial charge in [-0.25, -0.2) is 8.42 Å². The lowest BCUT2D eigenvalue weighted by atomic mass is 9.92. The molecule has 4 nitrogen and oxygen atoms in total. The van der Waals surface area contributed by atoms with Crippen LogP contribution in [0.15, 0.2) is 32.0 Å². The summed E-state index contributed by atoms with van der Waals surface area (Å²) in [5, 5.41) is 10.1. The van der Waals surface area contributed by atoms with Crippen molar-refractivity contribution in [1.29, 1.82) is 0 Å². The fourth-order valence-corrected chi connectivity index (χ4v) is 5.28. The number of halogens is 2. The molecule has 1 aromatic rings. The average molecular weight is 413 g/mol.